The van der Waals surface area contributed by atoms with Crippen LogP contribution in [-0.2, 0) is 18.1 Å². The number of hydrogen-bond acceptors (Lipinski definition) is 7. The Bertz CT molecular complexity index is 941. The van der Waals surface area contributed by atoms with Gasteiger partial charge in [-0.3, -0.25) is 10.1 Å². The predicted molar refractivity (Wildman–Crippen MR) is 92.2 cm³/mol. The van der Waals surface area contributed by atoms with Crippen LogP contribution in [0.2, 0.25) is 0 Å². The van der Waals surface area contributed by atoms with Gasteiger partial charge in [0.05, 0.1) is 21.8 Å². The smallest absolute Gasteiger partial charge is 0.269 e. The van der Waals surface area contributed by atoms with Crippen LogP contribution in [0.1, 0.15) is 0 Å². The molecule has 0 unspecified atom stereocenters. The Labute approximate surface area is 152 Å². The molecule has 0 aliphatic carbocycles. The lowest BCUT2D eigenvalue weighted by atomic mass is 10.3. The topological polar surface area (TPSA) is 121 Å². The molecule has 25 heavy (non-hydrogen) atoms. The minimum atomic E-state index is -3.80. The molecule has 12 heteroatoms. The van der Waals surface area contributed by atoms with Gasteiger partial charge >= 0.3 is 0 Å². The number of non-ortho nitro benzene ring substituents is 1. The summed E-state index contributed by atoms with van der Waals surface area (Å²) < 4.78 is 47.8. The molecule has 0 spiro atoms. The minimum Gasteiger partial charge on any atom is -0.497 e. The standard InChI is InChI=1S/C7H7ClO3S.C6H4ClNO4S/c1-11-6-2-4-7(5-3-6)12(8,9)10;7-13(11,12)6-3-1-5(2-4-6)8(9)10/h2-5H,1H3;1-4H. The first-order chi connectivity index (χ1) is 11.4. The first-order valence-electron chi connectivity index (χ1n) is 6.23. The summed E-state index contributed by atoms with van der Waals surface area (Å²) in [6.45, 7) is 0. The van der Waals surface area contributed by atoms with Crippen molar-refractivity contribution < 1.29 is 26.5 Å². The largest absolute Gasteiger partial charge is 0.497 e. The van der Waals surface area contributed by atoms with Crippen molar-refractivity contribution in [3.05, 3.63) is 58.6 Å². The fourth-order valence-corrected chi connectivity index (χ4v) is 3.01. The fourth-order valence-electron chi connectivity index (χ4n) is 1.47. The van der Waals surface area contributed by atoms with E-state index in [1.165, 1.54) is 31.4 Å². The van der Waals surface area contributed by atoms with Crippen molar-refractivity contribution in [2.75, 3.05) is 7.11 Å². The molecule has 2 aromatic rings. The Hall–Kier alpha value is -1.88. The van der Waals surface area contributed by atoms with Gasteiger partial charge in [0.1, 0.15) is 5.75 Å². The Kier molecular flexibility index (Phi) is 7.17. The van der Waals surface area contributed by atoms with Crippen LogP contribution < -0.4 is 4.74 Å². The lowest BCUT2D eigenvalue weighted by Gasteiger charge is -1.99. The molecule has 0 radical (unpaired) electrons. The number of halogens is 2. The zero-order valence-corrected chi connectivity index (χ0v) is 15.6. The van der Waals surface area contributed by atoms with Gasteiger partial charge in [-0.2, -0.15) is 0 Å². The third kappa shape index (κ3) is 6.86. The van der Waals surface area contributed by atoms with Crippen molar-refractivity contribution >= 4 is 45.2 Å². The van der Waals surface area contributed by atoms with E-state index in [1.54, 1.807) is 0 Å². The summed E-state index contributed by atoms with van der Waals surface area (Å²) in [6.07, 6.45) is 0. The summed E-state index contributed by atoms with van der Waals surface area (Å²) in [4.78, 5) is 9.49. The summed E-state index contributed by atoms with van der Waals surface area (Å²) in [5.41, 5.74) is -0.177. The van der Waals surface area contributed by atoms with Crippen LogP contribution in [0.5, 0.6) is 5.75 Å². The van der Waals surface area contributed by atoms with E-state index in [4.69, 9.17) is 26.1 Å². The van der Waals surface area contributed by atoms with Gasteiger partial charge in [0.15, 0.2) is 0 Å². The molecule has 0 aliphatic heterocycles. The molecular formula is C13H11Cl2NO7S2. The van der Waals surface area contributed by atoms with Gasteiger partial charge in [-0.1, -0.05) is 0 Å². The molecule has 0 amide bonds. The molecule has 0 atom stereocenters. The van der Waals surface area contributed by atoms with E-state index in [0.29, 0.717) is 5.75 Å². The van der Waals surface area contributed by atoms with E-state index in [2.05, 4.69) is 0 Å². The summed E-state index contributed by atoms with van der Waals surface area (Å²) in [5, 5.41) is 10.2. The summed E-state index contributed by atoms with van der Waals surface area (Å²) in [7, 11) is 4.18. The Morgan fingerprint density at radius 1 is 0.840 bits per heavy atom. The van der Waals surface area contributed by atoms with E-state index in [0.717, 1.165) is 24.3 Å². The Morgan fingerprint density at radius 3 is 1.48 bits per heavy atom. The zero-order chi connectivity index (χ0) is 19.3. The van der Waals surface area contributed by atoms with Gasteiger partial charge in [-0.25, -0.2) is 16.8 Å². The quantitative estimate of drug-likeness (QED) is 0.417. The number of methoxy groups -OCH3 is 1. The average Bonchev–Trinajstić information content (AvgIpc) is 2.54. The van der Waals surface area contributed by atoms with Crippen LogP contribution in [0.15, 0.2) is 58.3 Å². The first kappa shape index (κ1) is 21.2. The van der Waals surface area contributed by atoms with Crippen LogP contribution in [-0.4, -0.2) is 28.9 Å². The van der Waals surface area contributed by atoms with Crippen molar-refractivity contribution in [3.8, 4) is 5.75 Å². The molecular weight excluding hydrogens is 417 g/mol. The third-order valence-electron chi connectivity index (χ3n) is 2.67. The third-order valence-corrected chi connectivity index (χ3v) is 5.41. The summed E-state index contributed by atoms with van der Waals surface area (Å²) >= 11 is 0. The minimum absolute atomic E-state index is 0.0740. The van der Waals surface area contributed by atoms with E-state index in [-0.39, 0.29) is 15.5 Å². The zero-order valence-electron chi connectivity index (χ0n) is 12.5. The first-order valence-corrected chi connectivity index (χ1v) is 10.8. The van der Waals surface area contributed by atoms with Crippen molar-refractivity contribution in [2.45, 2.75) is 9.79 Å². The highest BCUT2D eigenvalue weighted by atomic mass is 35.7. The lowest BCUT2D eigenvalue weighted by molar-refractivity contribution is -0.384. The van der Waals surface area contributed by atoms with E-state index in [1.807, 2.05) is 0 Å². The molecule has 0 fully saturated rings. The molecule has 8 nitrogen and oxygen atoms in total. The van der Waals surface area contributed by atoms with Crippen molar-refractivity contribution in [2.24, 2.45) is 0 Å². The molecule has 136 valence electrons. The molecule has 0 heterocycles. The molecule has 2 aromatic carbocycles. The number of nitro groups is 1. The van der Waals surface area contributed by atoms with Crippen LogP contribution in [0, 0.1) is 10.1 Å². The van der Waals surface area contributed by atoms with Crippen molar-refractivity contribution in [1.29, 1.82) is 0 Å². The van der Waals surface area contributed by atoms with E-state index in [9.17, 15) is 26.9 Å². The summed E-state index contributed by atoms with van der Waals surface area (Å²) in [6, 6.07) is 10.2. The maximum atomic E-state index is 10.8. The number of rotatable bonds is 4. The molecule has 0 N–H and O–H groups in total. The fraction of sp³-hybridized carbons (Fsp3) is 0.0769. The SMILES string of the molecule is COc1ccc(S(=O)(=O)Cl)cc1.O=[N+]([O-])c1ccc(S(=O)(=O)Cl)cc1. The Morgan fingerprint density at radius 2 is 1.20 bits per heavy atom. The van der Waals surface area contributed by atoms with Gasteiger partial charge in [-0.05, 0) is 36.4 Å². The normalized spacial score (nSPS) is 11.2. The van der Waals surface area contributed by atoms with Gasteiger partial charge in [0.25, 0.3) is 23.8 Å². The van der Waals surface area contributed by atoms with E-state index >= 15 is 0 Å². The highest BCUT2D eigenvalue weighted by molar-refractivity contribution is 8.14. The molecule has 0 aromatic heterocycles. The van der Waals surface area contributed by atoms with Crippen LogP contribution in [0.4, 0.5) is 5.69 Å². The average molecular weight is 428 g/mol. The highest BCUT2D eigenvalue weighted by Gasteiger charge is 2.12. The molecule has 0 aliphatic rings. The number of hydrogen-bond donors (Lipinski definition) is 0. The van der Waals surface area contributed by atoms with Crippen LogP contribution in [0.25, 0.3) is 0 Å². The highest BCUT2D eigenvalue weighted by Crippen LogP contribution is 2.19. The molecule has 0 bridgehead atoms. The number of ether oxygens (including phenoxy) is 1. The lowest BCUT2D eigenvalue weighted by Crippen LogP contribution is -1.92. The number of nitrogens with zero attached hydrogens (tertiary/aromatic N) is 1. The van der Waals surface area contributed by atoms with E-state index < -0.39 is 23.0 Å². The van der Waals surface area contributed by atoms with Gasteiger partial charge < -0.3 is 4.74 Å². The van der Waals surface area contributed by atoms with Crippen molar-refractivity contribution in [3.63, 3.8) is 0 Å². The van der Waals surface area contributed by atoms with Crippen molar-refractivity contribution in [1.82, 2.24) is 0 Å². The second-order valence-electron chi connectivity index (χ2n) is 4.30. The number of benzene rings is 2. The van der Waals surface area contributed by atoms with Gasteiger partial charge in [0.2, 0.25) is 0 Å². The van der Waals surface area contributed by atoms with Crippen LogP contribution in [0.3, 0.4) is 0 Å². The maximum Gasteiger partial charge on any atom is 0.269 e. The van der Waals surface area contributed by atoms with Gasteiger partial charge in [-0.15, -0.1) is 0 Å². The Balaban J connectivity index is 0.000000251. The molecule has 0 saturated carbocycles. The number of nitro benzene ring substituents is 1. The second-order valence-corrected chi connectivity index (χ2v) is 9.43. The second kappa shape index (κ2) is 8.48. The molecule has 2 rings (SSSR count). The summed E-state index contributed by atoms with van der Waals surface area (Å²) in [5.74, 6) is 0.596. The maximum absolute atomic E-state index is 10.8. The monoisotopic (exact) mass is 427 g/mol. The predicted octanol–water partition coefficient (Wildman–Crippen LogP) is 3.15. The van der Waals surface area contributed by atoms with Gasteiger partial charge in [0, 0.05) is 33.5 Å². The molecule has 0 saturated heterocycles. The van der Waals surface area contributed by atoms with Crippen LogP contribution >= 0.6 is 21.4 Å².